The van der Waals surface area contributed by atoms with Crippen LogP contribution in [-0.2, 0) is 6.61 Å². The van der Waals surface area contributed by atoms with E-state index < -0.39 is 0 Å². The Hall–Kier alpha value is -1.84. The second-order valence-corrected chi connectivity index (χ2v) is 2.90. The summed E-state index contributed by atoms with van der Waals surface area (Å²) in [6, 6.07) is 7.83. The van der Waals surface area contributed by atoms with Crippen molar-refractivity contribution >= 4 is 0 Å². The maximum atomic E-state index is 5.49. The van der Waals surface area contributed by atoms with Crippen LogP contribution >= 0.6 is 0 Å². The molecular weight excluding hydrogens is 166 g/mol. The Morgan fingerprint density at radius 1 is 1.23 bits per heavy atom. The zero-order valence-corrected chi connectivity index (χ0v) is 6.82. The lowest BCUT2D eigenvalue weighted by Crippen LogP contribution is -2.04. The predicted octanol–water partition coefficient (Wildman–Crippen LogP) is 1.36. The number of nitrogens with one attached hydrogen (secondary N) is 1. The smallest absolute Gasteiger partial charge is 0.134 e. The highest BCUT2D eigenvalue weighted by Crippen LogP contribution is 2.34. The summed E-state index contributed by atoms with van der Waals surface area (Å²) in [6.45, 7) is 0.503. The number of H-pyrrole nitrogens is 1. The molecule has 2 aromatic rings. The average Bonchev–Trinajstić information content (AvgIpc) is 2.65. The number of rotatable bonds is 0. The molecule has 0 fully saturated rings. The van der Waals surface area contributed by atoms with Gasteiger partial charge in [0.1, 0.15) is 23.7 Å². The zero-order valence-electron chi connectivity index (χ0n) is 6.82. The highest BCUT2D eigenvalue weighted by Gasteiger charge is 2.19. The minimum absolute atomic E-state index is 0.503. The summed E-state index contributed by atoms with van der Waals surface area (Å²) in [7, 11) is 0. The van der Waals surface area contributed by atoms with Crippen molar-refractivity contribution in [2.45, 2.75) is 6.61 Å². The number of nitrogens with zero attached hydrogens (tertiary/aromatic N) is 2. The number of fused-ring (bicyclic) bond motifs is 3. The van der Waals surface area contributed by atoms with Crippen molar-refractivity contribution in [1.82, 2.24) is 15.4 Å². The number of aromatic amines is 1. The van der Waals surface area contributed by atoms with Crippen LogP contribution < -0.4 is 4.74 Å². The maximum absolute atomic E-state index is 5.49. The molecule has 1 aromatic heterocycles. The van der Waals surface area contributed by atoms with Gasteiger partial charge in [-0.15, -0.1) is 0 Å². The molecule has 0 bridgehead atoms. The quantitative estimate of drug-likeness (QED) is 0.654. The van der Waals surface area contributed by atoms with E-state index in [4.69, 9.17) is 4.74 Å². The molecule has 1 aromatic carbocycles. The molecular formula is C9H7N3O. The summed E-state index contributed by atoms with van der Waals surface area (Å²) in [5.41, 5.74) is 2.79. The van der Waals surface area contributed by atoms with Crippen molar-refractivity contribution in [2.75, 3.05) is 0 Å². The minimum Gasteiger partial charge on any atom is -0.486 e. The Balaban J connectivity index is 2.30. The van der Waals surface area contributed by atoms with E-state index >= 15 is 0 Å². The van der Waals surface area contributed by atoms with Gasteiger partial charge < -0.3 is 4.74 Å². The van der Waals surface area contributed by atoms with Crippen LogP contribution in [-0.4, -0.2) is 15.4 Å². The molecule has 0 spiro atoms. The lowest BCUT2D eigenvalue weighted by Gasteiger charge is -2.14. The Labute approximate surface area is 74.5 Å². The van der Waals surface area contributed by atoms with Gasteiger partial charge in [-0.2, -0.15) is 15.4 Å². The van der Waals surface area contributed by atoms with E-state index in [0.717, 1.165) is 22.7 Å². The molecule has 3 rings (SSSR count). The fourth-order valence-electron chi connectivity index (χ4n) is 1.50. The third kappa shape index (κ3) is 0.853. The normalized spacial score (nSPS) is 12.9. The monoisotopic (exact) mass is 173 g/mol. The van der Waals surface area contributed by atoms with Gasteiger partial charge in [-0.1, -0.05) is 12.1 Å². The molecule has 13 heavy (non-hydrogen) atoms. The van der Waals surface area contributed by atoms with Gasteiger partial charge in [0, 0.05) is 5.56 Å². The molecule has 0 unspecified atom stereocenters. The molecule has 0 atom stereocenters. The third-order valence-electron chi connectivity index (χ3n) is 2.13. The van der Waals surface area contributed by atoms with Gasteiger partial charge >= 0.3 is 0 Å². The third-order valence-corrected chi connectivity index (χ3v) is 2.13. The fraction of sp³-hybridized carbons (Fsp3) is 0.111. The van der Waals surface area contributed by atoms with Crippen LogP contribution in [0.2, 0.25) is 0 Å². The summed E-state index contributed by atoms with van der Waals surface area (Å²) >= 11 is 0. The van der Waals surface area contributed by atoms with E-state index in [9.17, 15) is 0 Å². The summed E-state index contributed by atoms with van der Waals surface area (Å²) in [6.07, 6.45) is 0. The molecule has 1 N–H and O–H groups in total. The molecule has 64 valence electrons. The number of hydrogen-bond acceptors (Lipinski definition) is 3. The highest BCUT2D eigenvalue weighted by molar-refractivity contribution is 5.70. The van der Waals surface area contributed by atoms with Gasteiger partial charge in [0.25, 0.3) is 0 Å². The van der Waals surface area contributed by atoms with Crippen LogP contribution in [0.15, 0.2) is 24.3 Å². The summed E-state index contributed by atoms with van der Waals surface area (Å²) in [5.74, 6) is 0.879. The Morgan fingerprint density at radius 2 is 2.15 bits per heavy atom. The van der Waals surface area contributed by atoms with Gasteiger partial charge in [0.2, 0.25) is 0 Å². The van der Waals surface area contributed by atoms with Gasteiger partial charge in [0.15, 0.2) is 0 Å². The van der Waals surface area contributed by atoms with Crippen molar-refractivity contribution in [3.63, 3.8) is 0 Å². The number of para-hydroxylation sites is 1. The fourth-order valence-corrected chi connectivity index (χ4v) is 1.50. The molecule has 0 saturated carbocycles. The maximum Gasteiger partial charge on any atom is 0.134 e. The first-order valence-electron chi connectivity index (χ1n) is 4.07. The lowest BCUT2D eigenvalue weighted by atomic mass is 10.1. The Morgan fingerprint density at radius 3 is 3.15 bits per heavy atom. The summed E-state index contributed by atoms with van der Waals surface area (Å²) in [4.78, 5) is 0. The molecule has 1 aliphatic rings. The van der Waals surface area contributed by atoms with Gasteiger partial charge in [-0.3, -0.25) is 0 Å². The summed E-state index contributed by atoms with van der Waals surface area (Å²) < 4.78 is 5.49. The SMILES string of the molecule is c1ccc2c(c1)OCc1n[nH]nc1-2. The molecule has 4 nitrogen and oxygen atoms in total. The first-order valence-corrected chi connectivity index (χ1v) is 4.07. The molecule has 1 aliphatic heterocycles. The summed E-state index contributed by atoms with van der Waals surface area (Å²) in [5, 5.41) is 10.7. The lowest BCUT2D eigenvalue weighted by molar-refractivity contribution is 0.297. The van der Waals surface area contributed by atoms with Crippen molar-refractivity contribution in [1.29, 1.82) is 0 Å². The van der Waals surface area contributed by atoms with E-state index in [1.807, 2.05) is 24.3 Å². The van der Waals surface area contributed by atoms with E-state index in [-0.39, 0.29) is 0 Å². The van der Waals surface area contributed by atoms with Gasteiger partial charge in [-0.05, 0) is 12.1 Å². The number of hydrogen-bond donors (Lipinski definition) is 1. The largest absolute Gasteiger partial charge is 0.486 e. The van der Waals surface area contributed by atoms with Crippen molar-refractivity contribution in [3.8, 4) is 17.0 Å². The van der Waals surface area contributed by atoms with Crippen LogP contribution in [0.1, 0.15) is 5.69 Å². The highest BCUT2D eigenvalue weighted by atomic mass is 16.5. The van der Waals surface area contributed by atoms with E-state index in [0.29, 0.717) is 6.61 Å². The van der Waals surface area contributed by atoms with E-state index in [1.54, 1.807) is 0 Å². The van der Waals surface area contributed by atoms with Crippen LogP contribution in [0.4, 0.5) is 0 Å². The first kappa shape index (κ1) is 6.65. The van der Waals surface area contributed by atoms with Crippen LogP contribution in [0, 0.1) is 0 Å². The standard InChI is InChI=1S/C9H7N3O/c1-2-4-8-6(3-1)9-7(5-13-8)10-12-11-9/h1-4H,5H2,(H,10,11,12). The molecule has 0 saturated heterocycles. The van der Waals surface area contributed by atoms with Crippen LogP contribution in [0.5, 0.6) is 5.75 Å². The van der Waals surface area contributed by atoms with Gasteiger partial charge in [0.05, 0.1) is 0 Å². The molecule has 4 heteroatoms. The predicted molar refractivity (Wildman–Crippen MR) is 46.2 cm³/mol. The second kappa shape index (κ2) is 2.32. The molecule has 0 aliphatic carbocycles. The van der Waals surface area contributed by atoms with Crippen LogP contribution in [0.3, 0.4) is 0 Å². The zero-order chi connectivity index (χ0) is 8.67. The Bertz CT molecular complexity index is 450. The molecule has 0 radical (unpaired) electrons. The number of benzene rings is 1. The topological polar surface area (TPSA) is 50.8 Å². The molecule has 2 heterocycles. The van der Waals surface area contributed by atoms with E-state index in [2.05, 4.69) is 15.4 Å². The van der Waals surface area contributed by atoms with Crippen molar-refractivity contribution < 1.29 is 4.74 Å². The first-order chi connectivity index (χ1) is 6.45. The van der Waals surface area contributed by atoms with Crippen LogP contribution in [0.25, 0.3) is 11.3 Å². The number of ether oxygens (including phenoxy) is 1. The minimum atomic E-state index is 0.503. The average molecular weight is 173 g/mol. The Kier molecular flexibility index (Phi) is 1.19. The van der Waals surface area contributed by atoms with Crippen molar-refractivity contribution in [3.05, 3.63) is 30.0 Å². The van der Waals surface area contributed by atoms with E-state index in [1.165, 1.54) is 0 Å². The number of aromatic nitrogens is 3. The van der Waals surface area contributed by atoms with Gasteiger partial charge in [-0.25, -0.2) is 0 Å². The second-order valence-electron chi connectivity index (χ2n) is 2.90. The van der Waals surface area contributed by atoms with Crippen molar-refractivity contribution in [2.24, 2.45) is 0 Å². The molecule has 0 amide bonds.